The third kappa shape index (κ3) is 3.89. The van der Waals surface area contributed by atoms with Crippen LogP contribution >= 0.6 is 0 Å². The van der Waals surface area contributed by atoms with Gasteiger partial charge in [-0.1, -0.05) is 60.7 Å². The molecule has 0 spiro atoms. The Bertz CT molecular complexity index is 799. The van der Waals surface area contributed by atoms with Gasteiger partial charge in [-0.25, -0.2) is 0 Å². The molecule has 0 fully saturated rings. The van der Waals surface area contributed by atoms with E-state index in [4.69, 9.17) is 0 Å². The first-order chi connectivity index (χ1) is 11.2. The van der Waals surface area contributed by atoms with E-state index in [1.54, 1.807) is 0 Å². The van der Waals surface area contributed by atoms with Crippen LogP contribution in [-0.2, 0) is 4.79 Å². The second-order valence-electron chi connectivity index (χ2n) is 5.62. The van der Waals surface area contributed by atoms with Gasteiger partial charge in [-0.3, -0.25) is 4.79 Å². The molecule has 23 heavy (non-hydrogen) atoms. The summed E-state index contributed by atoms with van der Waals surface area (Å²) in [7, 11) is 0. The van der Waals surface area contributed by atoms with Gasteiger partial charge in [0.1, 0.15) is 0 Å². The molecule has 116 valence electrons. The van der Waals surface area contributed by atoms with Crippen molar-refractivity contribution >= 4 is 22.4 Å². The number of amides is 1. The highest BCUT2D eigenvalue weighted by atomic mass is 16.1. The number of rotatable bonds is 5. The Hall–Kier alpha value is -2.81. The van der Waals surface area contributed by atoms with E-state index in [-0.39, 0.29) is 18.5 Å². The molecule has 0 bridgehead atoms. The maximum absolute atomic E-state index is 12.1. The molecule has 0 aliphatic rings. The van der Waals surface area contributed by atoms with Crippen molar-refractivity contribution < 1.29 is 4.79 Å². The minimum absolute atomic E-state index is 0.00195. The van der Waals surface area contributed by atoms with Gasteiger partial charge in [0, 0.05) is 5.69 Å². The molecule has 3 heteroatoms. The molecule has 3 nitrogen and oxygen atoms in total. The average molecular weight is 304 g/mol. The fraction of sp³-hybridized carbons (Fsp3) is 0.150. The Morgan fingerprint density at radius 1 is 0.913 bits per heavy atom. The molecular weight excluding hydrogens is 284 g/mol. The van der Waals surface area contributed by atoms with Crippen LogP contribution < -0.4 is 10.6 Å². The van der Waals surface area contributed by atoms with E-state index in [9.17, 15) is 4.79 Å². The summed E-state index contributed by atoms with van der Waals surface area (Å²) in [6.45, 7) is 2.25. The van der Waals surface area contributed by atoms with Gasteiger partial charge in [0.25, 0.3) is 0 Å². The van der Waals surface area contributed by atoms with Crippen molar-refractivity contribution in [1.29, 1.82) is 0 Å². The lowest BCUT2D eigenvalue weighted by molar-refractivity contribution is -0.120. The van der Waals surface area contributed by atoms with Crippen molar-refractivity contribution in [3.63, 3.8) is 0 Å². The predicted octanol–water partition coefficient (Wildman–Crippen LogP) is 4.13. The molecule has 0 heterocycles. The van der Waals surface area contributed by atoms with Gasteiger partial charge >= 0.3 is 0 Å². The average Bonchev–Trinajstić information content (AvgIpc) is 2.60. The summed E-state index contributed by atoms with van der Waals surface area (Å²) in [6, 6.07) is 24.3. The van der Waals surface area contributed by atoms with Crippen molar-refractivity contribution in [2.75, 3.05) is 11.9 Å². The summed E-state index contributed by atoms with van der Waals surface area (Å²) in [6.07, 6.45) is 0. The Morgan fingerprint density at radius 2 is 1.61 bits per heavy atom. The summed E-state index contributed by atoms with van der Waals surface area (Å²) < 4.78 is 0. The number of hydrogen-bond acceptors (Lipinski definition) is 2. The summed E-state index contributed by atoms with van der Waals surface area (Å²) in [5.74, 6) is -0.0190. The lowest BCUT2D eigenvalue weighted by Crippen LogP contribution is -2.32. The predicted molar refractivity (Wildman–Crippen MR) is 95.4 cm³/mol. The van der Waals surface area contributed by atoms with E-state index in [1.807, 2.05) is 55.5 Å². The standard InChI is InChI=1S/C20H20N2O/c1-15(16-7-3-2-4-8-16)22-20(23)14-21-19-12-11-17-9-5-6-10-18(17)13-19/h2-13,15,21H,14H2,1H3,(H,22,23)/t15-/m1/s1. The molecule has 3 rings (SSSR count). The first-order valence-corrected chi connectivity index (χ1v) is 7.79. The first kappa shape index (κ1) is 15.1. The number of nitrogens with one attached hydrogen (secondary N) is 2. The fourth-order valence-corrected chi connectivity index (χ4v) is 2.60. The van der Waals surface area contributed by atoms with E-state index in [2.05, 4.69) is 34.9 Å². The van der Waals surface area contributed by atoms with Gasteiger partial charge in [-0.05, 0) is 35.4 Å². The Kier molecular flexibility index (Phi) is 4.57. The number of carbonyl (C=O) groups is 1. The number of anilines is 1. The second-order valence-corrected chi connectivity index (χ2v) is 5.62. The van der Waals surface area contributed by atoms with Crippen molar-refractivity contribution in [2.24, 2.45) is 0 Å². The zero-order chi connectivity index (χ0) is 16.1. The molecule has 3 aromatic carbocycles. The van der Waals surface area contributed by atoms with Crippen LogP contribution in [0, 0.1) is 0 Å². The van der Waals surface area contributed by atoms with Crippen LogP contribution in [0.25, 0.3) is 10.8 Å². The van der Waals surface area contributed by atoms with Crippen molar-refractivity contribution in [1.82, 2.24) is 5.32 Å². The fourth-order valence-electron chi connectivity index (χ4n) is 2.60. The molecule has 1 amide bonds. The second kappa shape index (κ2) is 6.97. The number of carbonyl (C=O) groups excluding carboxylic acids is 1. The van der Waals surface area contributed by atoms with Crippen LogP contribution in [-0.4, -0.2) is 12.5 Å². The van der Waals surface area contributed by atoms with Crippen molar-refractivity contribution in [2.45, 2.75) is 13.0 Å². The molecule has 0 saturated carbocycles. The van der Waals surface area contributed by atoms with E-state index >= 15 is 0 Å². The van der Waals surface area contributed by atoms with Crippen LogP contribution in [0.4, 0.5) is 5.69 Å². The van der Waals surface area contributed by atoms with Crippen LogP contribution in [0.2, 0.25) is 0 Å². The molecule has 0 aliphatic heterocycles. The van der Waals surface area contributed by atoms with E-state index < -0.39 is 0 Å². The topological polar surface area (TPSA) is 41.1 Å². The molecule has 3 aromatic rings. The molecule has 1 atom stereocenters. The minimum atomic E-state index is -0.0190. The Balaban J connectivity index is 1.57. The highest BCUT2D eigenvalue weighted by Gasteiger charge is 2.08. The molecule has 0 unspecified atom stereocenters. The molecule has 2 N–H and O–H groups in total. The van der Waals surface area contributed by atoms with Crippen LogP contribution in [0.1, 0.15) is 18.5 Å². The molecule has 0 aliphatic carbocycles. The smallest absolute Gasteiger partial charge is 0.239 e. The van der Waals surface area contributed by atoms with Gasteiger partial charge < -0.3 is 10.6 Å². The third-order valence-corrected chi connectivity index (χ3v) is 3.88. The summed E-state index contributed by atoms with van der Waals surface area (Å²) in [5.41, 5.74) is 2.05. The van der Waals surface area contributed by atoms with Crippen LogP contribution in [0.15, 0.2) is 72.8 Å². The van der Waals surface area contributed by atoms with E-state index in [1.165, 1.54) is 5.39 Å². The van der Waals surface area contributed by atoms with E-state index in [0.29, 0.717) is 0 Å². The number of fused-ring (bicyclic) bond motifs is 1. The largest absolute Gasteiger partial charge is 0.376 e. The zero-order valence-electron chi connectivity index (χ0n) is 13.1. The summed E-state index contributed by atoms with van der Waals surface area (Å²) in [4.78, 5) is 12.1. The summed E-state index contributed by atoms with van der Waals surface area (Å²) >= 11 is 0. The quantitative estimate of drug-likeness (QED) is 0.744. The van der Waals surface area contributed by atoms with Crippen molar-refractivity contribution in [3.05, 3.63) is 78.4 Å². The van der Waals surface area contributed by atoms with Gasteiger partial charge in [0.05, 0.1) is 12.6 Å². The summed E-state index contributed by atoms with van der Waals surface area (Å²) in [5, 5.41) is 8.54. The SMILES string of the molecule is C[C@@H](NC(=O)CNc1ccc2ccccc2c1)c1ccccc1. The number of benzene rings is 3. The molecule has 0 aromatic heterocycles. The Labute approximate surface area is 136 Å². The normalized spacial score (nSPS) is 11.9. The van der Waals surface area contributed by atoms with Gasteiger partial charge in [-0.2, -0.15) is 0 Å². The molecule has 0 saturated heterocycles. The number of hydrogen-bond donors (Lipinski definition) is 2. The lowest BCUT2D eigenvalue weighted by atomic mass is 10.1. The maximum atomic E-state index is 12.1. The van der Waals surface area contributed by atoms with Crippen molar-refractivity contribution in [3.8, 4) is 0 Å². The monoisotopic (exact) mass is 304 g/mol. The molecular formula is C20H20N2O. The van der Waals surface area contributed by atoms with Crippen LogP contribution in [0.3, 0.4) is 0 Å². The lowest BCUT2D eigenvalue weighted by Gasteiger charge is -2.15. The van der Waals surface area contributed by atoms with Gasteiger partial charge in [0.15, 0.2) is 0 Å². The van der Waals surface area contributed by atoms with Crippen LogP contribution in [0.5, 0.6) is 0 Å². The van der Waals surface area contributed by atoms with Gasteiger partial charge in [-0.15, -0.1) is 0 Å². The maximum Gasteiger partial charge on any atom is 0.239 e. The highest BCUT2D eigenvalue weighted by Crippen LogP contribution is 2.18. The molecule has 0 radical (unpaired) electrons. The zero-order valence-corrected chi connectivity index (χ0v) is 13.1. The van der Waals surface area contributed by atoms with Gasteiger partial charge in [0.2, 0.25) is 5.91 Å². The Morgan fingerprint density at radius 3 is 2.39 bits per heavy atom. The van der Waals surface area contributed by atoms with E-state index in [0.717, 1.165) is 16.6 Å². The third-order valence-electron chi connectivity index (χ3n) is 3.88. The highest BCUT2D eigenvalue weighted by molar-refractivity contribution is 5.87. The minimum Gasteiger partial charge on any atom is -0.376 e. The first-order valence-electron chi connectivity index (χ1n) is 7.79.